The Hall–Kier alpha value is -3.38. The molecule has 0 radical (unpaired) electrons. The Bertz CT molecular complexity index is 1200. The van der Waals surface area contributed by atoms with Crippen molar-refractivity contribution in [2.75, 3.05) is 31.1 Å². The predicted octanol–water partition coefficient (Wildman–Crippen LogP) is 4.10. The summed E-state index contributed by atoms with van der Waals surface area (Å²) in [7, 11) is 0. The van der Waals surface area contributed by atoms with E-state index in [1.54, 1.807) is 6.07 Å². The number of carbonyl (C=O) groups excluding carboxylic acids is 1. The quantitative estimate of drug-likeness (QED) is 0.488. The largest absolute Gasteiger partial charge is 0.352 e. The first kappa shape index (κ1) is 19.6. The fourth-order valence-corrected chi connectivity index (χ4v) is 4.15. The molecule has 5 rings (SSSR count). The SMILES string of the molecule is O=C(c1ccc2c(ccn2Cc2ccccc2)c1)N1CCN(c2ccc(Cl)nn2)CC1. The monoisotopic (exact) mass is 431 g/mol. The smallest absolute Gasteiger partial charge is 0.253 e. The van der Waals surface area contributed by atoms with Crippen LogP contribution in [0.2, 0.25) is 5.15 Å². The summed E-state index contributed by atoms with van der Waals surface area (Å²) in [5.41, 5.74) is 3.11. The number of piperazine rings is 1. The number of hydrogen-bond acceptors (Lipinski definition) is 4. The van der Waals surface area contributed by atoms with E-state index in [1.165, 1.54) is 5.56 Å². The lowest BCUT2D eigenvalue weighted by Crippen LogP contribution is -2.49. The van der Waals surface area contributed by atoms with E-state index < -0.39 is 0 Å². The van der Waals surface area contributed by atoms with E-state index in [0.29, 0.717) is 18.2 Å². The molecule has 1 fully saturated rings. The standard InChI is InChI=1S/C24H22ClN5O/c25-22-8-9-23(27-26-22)28-12-14-29(15-13-28)24(31)20-6-7-21-19(16-20)10-11-30(21)17-18-4-2-1-3-5-18/h1-11,16H,12-15,17H2. The topological polar surface area (TPSA) is 54.3 Å². The van der Waals surface area contributed by atoms with Gasteiger partial charge in [0, 0.05) is 55.4 Å². The molecular weight excluding hydrogens is 410 g/mol. The maximum Gasteiger partial charge on any atom is 0.253 e. The maximum atomic E-state index is 13.1. The van der Waals surface area contributed by atoms with Crippen LogP contribution in [-0.2, 0) is 6.54 Å². The Balaban J connectivity index is 1.27. The summed E-state index contributed by atoms with van der Waals surface area (Å²) >= 11 is 5.82. The Morgan fingerprint density at radius 3 is 2.45 bits per heavy atom. The van der Waals surface area contributed by atoms with Gasteiger partial charge in [0.25, 0.3) is 5.91 Å². The van der Waals surface area contributed by atoms with Gasteiger partial charge in [-0.2, -0.15) is 0 Å². The summed E-state index contributed by atoms with van der Waals surface area (Å²) in [6.07, 6.45) is 2.08. The highest BCUT2D eigenvalue weighted by Gasteiger charge is 2.23. The fourth-order valence-electron chi connectivity index (χ4n) is 4.05. The van der Waals surface area contributed by atoms with E-state index in [4.69, 9.17) is 11.6 Å². The van der Waals surface area contributed by atoms with Gasteiger partial charge < -0.3 is 14.4 Å². The molecule has 2 aromatic heterocycles. The number of aromatic nitrogens is 3. The van der Waals surface area contributed by atoms with Crippen LogP contribution in [0.25, 0.3) is 10.9 Å². The summed E-state index contributed by atoms with van der Waals surface area (Å²) < 4.78 is 2.21. The first-order chi connectivity index (χ1) is 15.2. The molecule has 7 heteroatoms. The van der Waals surface area contributed by atoms with E-state index in [0.717, 1.165) is 41.9 Å². The second-order valence-electron chi connectivity index (χ2n) is 7.70. The van der Waals surface area contributed by atoms with Crippen molar-refractivity contribution in [2.24, 2.45) is 0 Å². The van der Waals surface area contributed by atoms with Crippen molar-refractivity contribution in [3.63, 3.8) is 0 Å². The van der Waals surface area contributed by atoms with Crippen LogP contribution in [0.3, 0.4) is 0 Å². The molecule has 0 saturated carbocycles. The van der Waals surface area contributed by atoms with Crippen molar-refractivity contribution in [3.8, 4) is 0 Å². The van der Waals surface area contributed by atoms with Gasteiger partial charge in [-0.25, -0.2) is 0 Å². The number of anilines is 1. The molecule has 156 valence electrons. The normalized spacial score (nSPS) is 14.2. The molecule has 31 heavy (non-hydrogen) atoms. The molecule has 6 nitrogen and oxygen atoms in total. The molecule has 2 aromatic carbocycles. The van der Waals surface area contributed by atoms with E-state index in [2.05, 4.69) is 56.2 Å². The zero-order valence-corrected chi connectivity index (χ0v) is 17.7. The van der Waals surface area contributed by atoms with Gasteiger partial charge in [0.2, 0.25) is 0 Å². The number of rotatable bonds is 4. The third-order valence-corrected chi connectivity index (χ3v) is 5.92. The van der Waals surface area contributed by atoms with E-state index in [1.807, 2.05) is 35.2 Å². The molecule has 0 unspecified atom stereocenters. The highest BCUT2D eigenvalue weighted by molar-refractivity contribution is 6.29. The van der Waals surface area contributed by atoms with Gasteiger partial charge in [0.05, 0.1) is 0 Å². The van der Waals surface area contributed by atoms with Crippen molar-refractivity contribution in [3.05, 3.63) is 89.2 Å². The van der Waals surface area contributed by atoms with Gasteiger partial charge in [-0.1, -0.05) is 41.9 Å². The first-order valence-electron chi connectivity index (χ1n) is 10.3. The fraction of sp³-hybridized carbons (Fsp3) is 0.208. The summed E-state index contributed by atoms with van der Waals surface area (Å²) in [5, 5.41) is 9.50. The van der Waals surface area contributed by atoms with Gasteiger partial charge in [-0.3, -0.25) is 4.79 Å². The second-order valence-corrected chi connectivity index (χ2v) is 8.08. The van der Waals surface area contributed by atoms with Gasteiger partial charge >= 0.3 is 0 Å². The summed E-state index contributed by atoms with van der Waals surface area (Å²) in [6, 6.07) is 22.0. The lowest BCUT2D eigenvalue weighted by molar-refractivity contribution is 0.0746. The number of hydrogen-bond donors (Lipinski definition) is 0. The molecule has 0 aliphatic carbocycles. The number of benzene rings is 2. The van der Waals surface area contributed by atoms with Crippen LogP contribution in [0, 0.1) is 0 Å². The third kappa shape index (κ3) is 4.11. The van der Waals surface area contributed by atoms with E-state index >= 15 is 0 Å². The number of amides is 1. The Morgan fingerprint density at radius 1 is 0.903 bits per heavy atom. The van der Waals surface area contributed by atoms with Crippen molar-refractivity contribution in [1.82, 2.24) is 19.7 Å². The minimum absolute atomic E-state index is 0.0690. The zero-order valence-electron chi connectivity index (χ0n) is 17.0. The summed E-state index contributed by atoms with van der Waals surface area (Å²) in [5.74, 6) is 0.859. The molecule has 0 N–H and O–H groups in total. The average molecular weight is 432 g/mol. The van der Waals surface area contributed by atoms with Crippen LogP contribution in [0.4, 0.5) is 5.82 Å². The molecule has 1 amide bonds. The Labute approximate surface area is 185 Å². The molecule has 0 atom stereocenters. The van der Waals surface area contributed by atoms with Crippen molar-refractivity contribution < 1.29 is 4.79 Å². The lowest BCUT2D eigenvalue weighted by atomic mass is 10.1. The van der Waals surface area contributed by atoms with Gasteiger partial charge in [-0.05, 0) is 42.0 Å². The highest BCUT2D eigenvalue weighted by Crippen LogP contribution is 2.21. The molecule has 1 aliphatic rings. The van der Waals surface area contributed by atoms with Crippen LogP contribution in [0.15, 0.2) is 72.9 Å². The molecule has 0 spiro atoms. The Kier molecular flexibility index (Phi) is 5.30. The molecule has 1 aliphatic heterocycles. The van der Waals surface area contributed by atoms with Gasteiger partial charge in [0.1, 0.15) is 0 Å². The molecule has 1 saturated heterocycles. The minimum Gasteiger partial charge on any atom is -0.352 e. The zero-order chi connectivity index (χ0) is 21.2. The van der Waals surface area contributed by atoms with Crippen LogP contribution < -0.4 is 4.90 Å². The predicted molar refractivity (Wildman–Crippen MR) is 123 cm³/mol. The van der Waals surface area contributed by atoms with E-state index in [-0.39, 0.29) is 5.91 Å². The van der Waals surface area contributed by atoms with Crippen LogP contribution in [-0.4, -0.2) is 51.8 Å². The number of fused-ring (bicyclic) bond motifs is 1. The number of carbonyl (C=O) groups is 1. The number of nitrogens with zero attached hydrogens (tertiary/aromatic N) is 5. The van der Waals surface area contributed by atoms with Crippen molar-refractivity contribution in [2.45, 2.75) is 6.54 Å². The third-order valence-electron chi connectivity index (χ3n) is 5.72. The van der Waals surface area contributed by atoms with Crippen molar-refractivity contribution >= 4 is 34.2 Å². The Morgan fingerprint density at radius 2 is 1.71 bits per heavy atom. The lowest BCUT2D eigenvalue weighted by Gasteiger charge is -2.35. The first-order valence-corrected chi connectivity index (χ1v) is 10.7. The average Bonchev–Trinajstić information content (AvgIpc) is 3.22. The summed E-state index contributed by atoms with van der Waals surface area (Å²) in [4.78, 5) is 17.1. The minimum atomic E-state index is 0.0690. The van der Waals surface area contributed by atoms with Gasteiger partial charge in [-0.15, -0.1) is 10.2 Å². The van der Waals surface area contributed by atoms with E-state index in [9.17, 15) is 4.79 Å². The molecular formula is C24H22ClN5O. The molecule has 3 heterocycles. The van der Waals surface area contributed by atoms with Gasteiger partial charge in [0.15, 0.2) is 11.0 Å². The molecule has 4 aromatic rings. The number of halogens is 1. The van der Waals surface area contributed by atoms with Crippen LogP contribution in [0.5, 0.6) is 0 Å². The van der Waals surface area contributed by atoms with Crippen LogP contribution >= 0.6 is 11.6 Å². The second kappa shape index (κ2) is 8.40. The van der Waals surface area contributed by atoms with Crippen LogP contribution in [0.1, 0.15) is 15.9 Å². The maximum absolute atomic E-state index is 13.1. The summed E-state index contributed by atoms with van der Waals surface area (Å²) in [6.45, 7) is 3.55. The van der Waals surface area contributed by atoms with Crippen molar-refractivity contribution in [1.29, 1.82) is 0 Å². The highest BCUT2D eigenvalue weighted by atomic mass is 35.5. The molecule has 0 bridgehead atoms.